The summed E-state index contributed by atoms with van der Waals surface area (Å²) >= 11 is 1.11. The highest BCUT2D eigenvalue weighted by atomic mass is 32.1. The van der Waals surface area contributed by atoms with Gasteiger partial charge in [-0.1, -0.05) is 12.1 Å². The summed E-state index contributed by atoms with van der Waals surface area (Å²) in [4.78, 5) is 47.5. The molecule has 2 heterocycles. The topological polar surface area (TPSA) is 117 Å². The van der Waals surface area contributed by atoms with Crippen molar-refractivity contribution in [3.63, 3.8) is 0 Å². The molecule has 0 bridgehead atoms. The number of thiophene rings is 1. The minimum Gasteiger partial charge on any atom is -0.465 e. The van der Waals surface area contributed by atoms with Crippen LogP contribution in [0.5, 0.6) is 0 Å². The average molecular weight is 390 g/mol. The molecule has 1 amide bonds. The van der Waals surface area contributed by atoms with Gasteiger partial charge in [0.05, 0.1) is 18.3 Å². The number of nitrogens with zero attached hydrogens (tertiary/aromatic N) is 1. The fourth-order valence-corrected chi connectivity index (χ4v) is 3.10. The average Bonchev–Trinajstić information content (AvgIpc) is 3.24. The third-order valence-electron chi connectivity index (χ3n) is 3.54. The number of anilines is 1. The third kappa shape index (κ3) is 4.06. The molecule has 3 aromatic rings. The molecule has 0 aliphatic carbocycles. The van der Waals surface area contributed by atoms with Gasteiger partial charge in [0.2, 0.25) is 0 Å². The minimum absolute atomic E-state index is 0.230. The van der Waals surface area contributed by atoms with E-state index in [2.05, 4.69) is 10.1 Å². The molecule has 0 aliphatic rings. The number of carbonyl (C=O) groups excluding carboxylic acids is 3. The second-order valence-electron chi connectivity index (χ2n) is 5.29. The Morgan fingerprint density at radius 1 is 1.22 bits per heavy atom. The molecule has 1 aromatic carbocycles. The van der Waals surface area contributed by atoms with E-state index in [0.29, 0.717) is 11.1 Å². The second-order valence-corrected chi connectivity index (χ2v) is 6.20. The molecule has 27 heavy (non-hydrogen) atoms. The summed E-state index contributed by atoms with van der Waals surface area (Å²) in [6, 6.07) is 8.17. The van der Waals surface area contributed by atoms with Crippen LogP contribution in [0.2, 0.25) is 0 Å². The quantitative estimate of drug-likeness (QED) is 0.636. The molecule has 0 fully saturated rings. The van der Waals surface area contributed by atoms with E-state index in [-0.39, 0.29) is 10.6 Å². The zero-order valence-electron chi connectivity index (χ0n) is 14.1. The highest BCUT2D eigenvalue weighted by Gasteiger charge is 2.17. The van der Waals surface area contributed by atoms with Crippen LogP contribution in [-0.4, -0.2) is 36.1 Å². The van der Waals surface area contributed by atoms with Crippen molar-refractivity contribution < 1.29 is 28.3 Å². The molecule has 3 rings (SSSR count). The Balaban J connectivity index is 1.58. The van der Waals surface area contributed by atoms with Crippen molar-refractivity contribution in [2.45, 2.75) is 6.54 Å². The molecule has 0 radical (unpaired) electrons. The van der Waals surface area contributed by atoms with Crippen LogP contribution < -0.4 is 11.1 Å². The Morgan fingerprint density at radius 2 is 2.00 bits per heavy atom. The molecular formula is C17H14N2O7S. The summed E-state index contributed by atoms with van der Waals surface area (Å²) in [6.45, 7) is -0.963. The lowest BCUT2D eigenvalue weighted by Crippen LogP contribution is -2.26. The summed E-state index contributed by atoms with van der Waals surface area (Å²) < 4.78 is 15.6. The number of oxazole rings is 1. The standard InChI is InChI=1S/C17H14N2O7S/c1-24-16(22)15-10(6-7-27-15)18-13(20)9-25-14(21)8-19-11-4-2-3-5-12(11)26-17(19)23/h2-7H,8-9H2,1H3,(H,18,20). The fourth-order valence-electron chi connectivity index (χ4n) is 2.33. The first-order chi connectivity index (χ1) is 13.0. The van der Waals surface area contributed by atoms with Crippen LogP contribution >= 0.6 is 11.3 Å². The Morgan fingerprint density at radius 3 is 2.78 bits per heavy atom. The summed E-state index contributed by atoms with van der Waals surface area (Å²) in [5, 5.41) is 4.08. The molecular weight excluding hydrogens is 376 g/mol. The van der Waals surface area contributed by atoms with E-state index in [9.17, 15) is 19.2 Å². The highest BCUT2D eigenvalue weighted by Crippen LogP contribution is 2.23. The lowest BCUT2D eigenvalue weighted by Gasteiger charge is -2.07. The molecule has 0 atom stereocenters. The normalized spacial score (nSPS) is 10.6. The maximum absolute atomic E-state index is 12.0. The number of esters is 2. The van der Waals surface area contributed by atoms with Gasteiger partial charge in [0.1, 0.15) is 11.4 Å². The third-order valence-corrected chi connectivity index (χ3v) is 4.43. The first kappa shape index (κ1) is 18.4. The molecule has 140 valence electrons. The Bertz CT molecular complexity index is 1060. The maximum Gasteiger partial charge on any atom is 0.420 e. The summed E-state index contributed by atoms with van der Waals surface area (Å²) in [5.41, 5.74) is 1.07. The predicted octanol–water partition coefficient (Wildman–Crippen LogP) is 1.62. The number of hydrogen-bond donors (Lipinski definition) is 1. The fraction of sp³-hybridized carbons (Fsp3) is 0.176. The Kier molecular flexibility index (Phi) is 5.36. The number of ether oxygens (including phenoxy) is 2. The zero-order valence-corrected chi connectivity index (χ0v) is 14.9. The Labute approximate surface area is 156 Å². The van der Waals surface area contributed by atoms with Gasteiger partial charge in [-0.25, -0.2) is 9.59 Å². The molecule has 1 N–H and O–H groups in total. The zero-order chi connectivity index (χ0) is 19.4. The maximum atomic E-state index is 12.0. The van der Waals surface area contributed by atoms with Crippen molar-refractivity contribution in [3.05, 3.63) is 51.1 Å². The van der Waals surface area contributed by atoms with Crippen LogP contribution in [0.15, 0.2) is 44.9 Å². The van der Waals surface area contributed by atoms with Crippen molar-refractivity contribution in [1.82, 2.24) is 4.57 Å². The van der Waals surface area contributed by atoms with Gasteiger partial charge < -0.3 is 19.2 Å². The molecule has 10 heteroatoms. The first-order valence-corrected chi connectivity index (χ1v) is 8.57. The van der Waals surface area contributed by atoms with Crippen molar-refractivity contribution >= 4 is 46.0 Å². The van der Waals surface area contributed by atoms with Crippen molar-refractivity contribution in [1.29, 1.82) is 0 Å². The number of aromatic nitrogens is 1. The summed E-state index contributed by atoms with van der Waals surface area (Å²) in [5.74, 6) is -2.68. The van der Waals surface area contributed by atoms with E-state index in [1.165, 1.54) is 13.2 Å². The monoisotopic (exact) mass is 390 g/mol. The van der Waals surface area contributed by atoms with Crippen LogP contribution in [0.4, 0.5) is 5.69 Å². The van der Waals surface area contributed by atoms with Crippen LogP contribution in [-0.2, 0) is 25.6 Å². The van der Waals surface area contributed by atoms with E-state index in [0.717, 1.165) is 15.9 Å². The van der Waals surface area contributed by atoms with Gasteiger partial charge >= 0.3 is 17.7 Å². The van der Waals surface area contributed by atoms with Crippen LogP contribution in [0.25, 0.3) is 11.1 Å². The van der Waals surface area contributed by atoms with Crippen molar-refractivity contribution in [3.8, 4) is 0 Å². The van der Waals surface area contributed by atoms with E-state index >= 15 is 0 Å². The van der Waals surface area contributed by atoms with Gasteiger partial charge in [-0.15, -0.1) is 11.3 Å². The number of benzene rings is 1. The van der Waals surface area contributed by atoms with Gasteiger partial charge in [0, 0.05) is 0 Å². The predicted molar refractivity (Wildman–Crippen MR) is 95.7 cm³/mol. The number of hydrogen-bond acceptors (Lipinski definition) is 8. The lowest BCUT2D eigenvalue weighted by atomic mass is 10.3. The van der Waals surface area contributed by atoms with E-state index in [4.69, 9.17) is 9.15 Å². The van der Waals surface area contributed by atoms with Gasteiger partial charge in [-0.3, -0.25) is 14.2 Å². The van der Waals surface area contributed by atoms with Crippen molar-refractivity contribution in [2.24, 2.45) is 0 Å². The largest absolute Gasteiger partial charge is 0.465 e. The van der Waals surface area contributed by atoms with E-state index in [1.54, 1.807) is 29.6 Å². The molecule has 0 spiro atoms. The first-order valence-electron chi connectivity index (χ1n) is 7.69. The number of methoxy groups -OCH3 is 1. The molecule has 0 saturated heterocycles. The lowest BCUT2D eigenvalue weighted by molar-refractivity contribution is -0.147. The second kappa shape index (κ2) is 7.87. The number of fused-ring (bicyclic) bond motifs is 1. The van der Waals surface area contributed by atoms with E-state index < -0.39 is 36.8 Å². The molecule has 0 unspecified atom stereocenters. The summed E-state index contributed by atoms with van der Waals surface area (Å²) in [7, 11) is 1.23. The molecule has 2 aromatic heterocycles. The number of amides is 1. The molecule has 0 saturated carbocycles. The van der Waals surface area contributed by atoms with Gasteiger partial charge in [0.15, 0.2) is 12.2 Å². The minimum atomic E-state index is -0.780. The number of para-hydroxylation sites is 2. The van der Waals surface area contributed by atoms with Gasteiger partial charge in [-0.05, 0) is 23.6 Å². The highest BCUT2D eigenvalue weighted by molar-refractivity contribution is 7.12. The van der Waals surface area contributed by atoms with Crippen LogP contribution in [0.1, 0.15) is 9.67 Å². The van der Waals surface area contributed by atoms with Gasteiger partial charge in [0.25, 0.3) is 5.91 Å². The van der Waals surface area contributed by atoms with Crippen LogP contribution in [0.3, 0.4) is 0 Å². The molecule has 9 nitrogen and oxygen atoms in total. The van der Waals surface area contributed by atoms with Crippen LogP contribution in [0, 0.1) is 0 Å². The van der Waals surface area contributed by atoms with E-state index in [1.807, 2.05) is 0 Å². The Hall–Kier alpha value is -3.40. The van der Waals surface area contributed by atoms with Crippen molar-refractivity contribution in [2.75, 3.05) is 19.0 Å². The van der Waals surface area contributed by atoms with Gasteiger partial charge in [-0.2, -0.15) is 0 Å². The number of rotatable bonds is 6. The summed E-state index contributed by atoms with van der Waals surface area (Å²) in [6.07, 6.45) is 0. The number of nitrogens with one attached hydrogen (secondary N) is 1. The smallest absolute Gasteiger partial charge is 0.420 e. The number of carbonyl (C=O) groups is 3. The molecule has 0 aliphatic heterocycles. The SMILES string of the molecule is COC(=O)c1sccc1NC(=O)COC(=O)Cn1c(=O)oc2ccccc21.